The standard InChI is InChI=1S/C15H16N4O/c1-2-12-7-15(20)19(9-12)14-5-3-4-13(6-14)8-18-11-16-10-17-18/h2-6,10-12H,1,7-9H2. The van der Waals surface area contributed by atoms with Gasteiger partial charge in [-0.1, -0.05) is 18.2 Å². The molecule has 0 radical (unpaired) electrons. The summed E-state index contributed by atoms with van der Waals surface area (Å²) in [6.45, 7) is 5.15. The number of carbonyl (C=O) groups excluding carboxylic acids is 1. The van der Waals surface area contributed by atoms with Crippen LogP contribution in [-0.2, 0) is 11.3 Å². The third-order valence-electron chi connectivity index (χ3n) is 3.52. The van der Waals surface area contributed by atoms with Gasteiger partial charge in [-0.15, -0.1) is 6.58 Å². The van der Waals surface area contributed by atoms with E-state index < -0.39 is 0 Å². The molecule has 0 aliphatic carbocycles. The first-order chi connectivity index (χ1) is 9.76. The third-order valence-corrected chi connectivity index (χ3v) is 3.52. The zero-order valence-electron chi connectivity index (χ0n) is 11.1. The molecule has 1 unspecified atom stereocenters. The van der Waals surface area contributed by atoms with Crippen LogP contribution in [0.25, 0.3) is 0 Å². The van der Waals surface area contributed by atoms with Crippen LogP contribution in [0.4, 0.5) is 5.69 Å². The summed E-state index contributed by atoms with van der Waals surface area (Å²) in [6, 6.07) is 7.99. The van der Waals surface area contributed by atoms with E-state index in [-0.39, 0.29) is 11.8 Å². The van der Waals surface area contributed by atoms with Crippen molar-refractivity contribution in [3.05, 3.63) is 55.1 Å². The van der Waals surface area contributed by atoms with Crippen molar-refractivity contribution in [1.29, 1.82) is 0 Å². The van der Waals surface area contributed by atoms with Crippen molar-refractivity contribution in [2.45, 2.75) is 13.0 Å². The summed E-state index contributed by atoms with van der Waals surface area (Å²) < 4.78 is 1.76. The lowest BCUT2D eigenvalue weighted by molar-refractivity contribution is -0.117. The Balaban J connectivity index is 1.81. The first-order valence-electron chi connectivity index (χ1n) is 6.60. The summed E-state index contributed by atoms with van der Waals surface area (Å²) >= 11 is 0. The predicted molar refractivity (Wildman–Crippen MR) is 76.2 cm³/mol. The highest BCUT2D eigenvalue weighted by Crippen LogP contribution is 2.26. The number of carbonyl (C=O) groups is 1. The third kappa shape index (κ3) is 2.47. The minimum absolute atomic E-state index is 0.160. The van der Waals surface area contributed by atoms with E-state index in [9.17, 15) is 4.79 Å². The maximum absolute atomic E-state index is 12.0. The molecule has 1 aromatic carbocycles. The fourth-order valence-electron chi connectivity index (χ4n) is 2.47. The van der Waals surface area contributed by atoms with Crippen molar-refractivity contribution in [3.8, 4) is 0 Å². The average Bonchev–Trinajstić information content (AvgIpc) is 3.08. The Morgan fingerprint density at radius 1 is 1.45 bits per heavy atom. The second-order valence-corrected chi connectivity index (χ2v) is 4.97. The maximum atomic E-state index is 12.0. The van der Waals surface area contributed by atoms with Gasteiger partial charge in [-0.3, -0.25) is 4.79 Å². The Hall–Kier alpha value is -2.43. The molecule has 1 fully saturated rings. The molecular weight excluding hydrogens is 252 g/mol. The summed E-state index contributed by atoms with van der Waals surface area (Å²) in [5, 5.41) is 4.09. The largest absolute Gasteiger partial charge is 0.312 e. The number of anilines is 1. The molecule has 1 aliphatic rings. The molecule has 1 amide bonds. The number of hydrogen-bond donors (Lipinski definition) is 0. The first kappa shape index (κ1) is 12.6. The van der Waals surface area contributed by atoms with Gasteiger partial charge in [-0.05, 0) is 17.7 Å². The van der Waals surface area contributed by atoms with Crippen molar-refractivity contribution in [2.75, 3.05) is 11.4 Å². The fraction of sp³-hybridized carbons (Fsp3) is 0.267. The van der Waals surface area contributed by atoms with Crippen LogP contribution in [0.2, 0.25) is 0 Å². The Labute approximate surface area is 117 Å². The molecule has 102 valence electrons. The number of amides is 1. The Morgan fingerprint density at radius 2 is 2.35 bits per heavy atom. The molecular formula is C15H16N4O. The van der Waals surface area contributed by atoms with Gasteiger partial charge in [0, 0.05) is 24.6 Å². The van der Waals surface area contributed by atoms with E-state index in [2.05, 4.69) is 16.7 Å². The zero-order chi connectivity index (χ0) is 13.9. The highest BCUT2D eigenvalue weighted by molar-refractivity contribution is 5.96. The van der Waals surface area contributed by atoms with Crippen molar-refractivity contribution in [1.82, 2.24) is 14.8 Å². The Bertz CT molecular complexity index is 621. The van der Waals surface area contributed by atoms with E-state index in [1.165, 1.54) is 6.33 Å². The van der Waals surface area contributed by atoms with Crippen LogP contribution < -0.4 is 4.90 Å². The predicted octanol–water partition coefficient (Wildman–Crippen LogP) is 1.87. The minimum atomic E-state index is 0.160. The van der Waals surface area contributed by atoms with Crippen LogP contribution in [0, 0.1) is 5.92 Å². The molecule has 1 saturated heterocycles. The van der Waals surface area contributed by atoms with Gasteiger partial charge in [0.1, 0.15) is 12.7 Å². The molecule has 0 saturated carbocycles. The highest BCUT2D eigenvalue weighted by atomic mass is 16.2. The summed E-state index contributed by atoms with van der Waals surface area (Å²) in [5.74, 6) is 0.411. The first-order valence-corrected chi connectivity index (χ1v) is 6.60. The monoisotopic (exact) mass is 268 g/mol. The van der Waals surface area contributed by atoms with E-state index >= 15 is 0 Å². The van der Waals surface area contributed by atoms with Crippen LogP contribution in [0.1, 0.15) is 12.0 Å². The van der Waals surface area contributed by atoms with Crippen molar-refractivity contribution in [2.24, 2.45) is 5.92 Å². The van der Waals surface area contributed by atoms with E-state index in [0.717, 1.165) is 17.8 Å². The molecule has 0 spiro atoms. The van der Waals surface area contributed by atoms with E-state index in [0.29, 0.717) is 13.0 Å². The Morgan fingerprint density at radius 3 is 3.05 bits per heavy atom. The summed E-state index contributed by atoms with van der Waals surface area (Å²) in [5.41, 5.74) is 2.04. The van der Waals surface area contributed by atoms with Gasteiger partial charge < -0.3 is 4.90 Å². The molecule has 1 atom stereocenters. The van der Waals surface area contributed by atoms with Gasteiger partial charge in [-0.25, -0.2) is 9.67 Å². The average molecular weight is 268 g/mol. The molecule has 5 nitrogen and oxygen atoms in total. The van der Waals surface area contributed by atoms with Crippen LogP contribution in [0.5, 0.6) is 0 Å². The summed E-state index contributed by atoms with van der Waals surface area (Å²) in [7, 11) is 0. The second kappa shape index (κ2) is 5.28. The summed E-state index contributed by atoms with van der Waals surface area (Å²) in [4.78, 5) is 17.8. The smallest absolute Gasteiger partial charge is 0.227 e. The number of rotatable bonds is 4. The van der Waals surface area contributed by atoms with Crippen LogP contribution >= 0.6 is 0 Å². The fourth-order valence-corrected chi connectivity index (χ4v) is 2.47. The Kier molecular flexibility index (Phi) is 3.33. The molecule has 2 aromatic rings. The molecule has 0 bridgehead atoms. The van der Waals surface area contributed by atoms with Gasteiger partial charge in [0.05, 0.1) is 6.54 Å². The molecule has 0 N–H and O–H groups in total. The molecule has 1 aromatic heterocycles. The van der Waals surface area contributed by atoms with Gasteiger partial charge >= 0.3 is 0 Å². The highest BCUT2D eigenvalue weighted by Gasteiger charge is 2.28. The van der Waals surface area contributed by atoms with E-state index in [1.54, 1.807) is 11.0 Å². The van der Waals surface area contributed by atoms with Gasteiger partial charge in [-0.2, -0.15) is 5.10 Å². The molecule has 1 aliphatic heterocycles. The minimum Gasteiger partial charge on any atom is -0.312 e. The molecule has 5 heteroatoms. The number of aromatic nitrogens is 3. The van der Waals surface area contributed by atoms with Crippen LogP contribution in [0.3, 0.4) is 0 Å². The lowest BCUT2D eigenvalue weighted by Crippen LogP contribution is -2.24. The normalized spacial score (nSPS) is 18.5. The summed E-state index contributed by atoms with van der Waals surface area (Å²) in [6.07, 6.45) is 5.61. The number of nitrogens with zero attached hydrogens (tertiary/aromatic N) is 4. The molecule has 3 rings (SSSR count). The van der Waals surface area contributed by atoms with Crippen LogP contribution in [0.15, 0.2) is 49.6 Å². The molecule has 20 heavy (non-hydrogen) atoms. The molecule has 2 heterocycles. The van der Waals surface area contributed by atoms with Crippen molar-refractivity contribution >= 4 is 11.6 Å². The van der Waals surface area contributed by atoms with Crippen LogP contribution in [-0.4, -0.2) is 27.2 Å². The van der Waals surface area contributed by atoms with E-state index in [1.807, 2.05) is 35.2 Å². The maximum Gasteiger partial charge on any atom is 0.227 e. The van der Waals surface area contributed by atoms with Crippen molar-refractivity contribution in [3.63, 3.8) is 0 Å². The number of hydrogen-bond acceptors (Lipinski definition) is 3. The lowest BCUT2D eigenvalue weighted by Gasteiger charge is -2.17. The number of benzene rings is 1. The zero-order valence-corrected chi connectivity index (χ0v) is 11.1. The van der Waals surface area contributed by atoms with E-state index in [4.69, 9.17) is 0 Å². The van der Waals surface area contributed by atoms with Gasteiger partial charge in [0.25, 0.3) is 0 Å². The quantitative estimate of drug-likeness (QED) is 0.795. The SMILES string of the molecule is C=CC1CC(=O)N(c2cccc(Cn3cncn3)c2)C1. The second-order valence-electron chi connectivity index (χ2n) is 4.97. The van der Waals surface area contributed by atoms with Gasteiger partial charge in [0.2, 0.25) is 5.91 Å². The van der Waals surface area contributed by atoms with Gasteiger partial charge in [0.15, 0.2) is 0 Å². The topological polar surface area (TPSA) is 51.0 Å². The van der Waals surface area contributed by atoms with Crippen molar-refractivity contribution < 1.29 is 4.79 Å². The lowest BCUT2D eigenvalue weighted by atomic mass is 10.1.